The predicted molar refractivity (Wildman–Crippen MR) is 55.8 cm³/mol. The van der Waals surface area contributed by atoms with E-state index in [0.29, 0.717) is 12.1 Å². The molecule has 1 aliphatic heterocycles. The molecule has 1 saturated carbocycles. The summed E-state index contributed by atoms with van der Waals surface area (Å²) in [7, 11) is 2.14. The van der Waals surface area contributed by atoms with E-state index < -0.39 is 0 Å². The highest BCUT2D eigenvalue weighted by atomic mass is 15.2. The van der Waals surface area contributed by atoms with E-state index in [0.717, 1.165) is 19.4 Å². The van der Waals surface area contributed by atoms with Crippen LogP contribution in [0.15, 0.2) is 0 Å². The van der Waals surface area contributed by atoms with Crippen molar-refractivity contribution in [3.05, 3.63) is 0 Å². The molecule has 0 aromatic rings. The molecule has 3 heteroatoms. The molecule has 1 aliphatic carbocycles. The SMILES string of the molecule is CC1CC(C#N)(NC2CC2)CCN1C. The smallest absolute Gasteiger partial charge is 0.109 e. The molecule has 1 heterocycles. The second-order valence-corrected chi connectivity index (χ2v) is 4.90. The van der Waals surface area contributed by atoms with E-state index in [1.54, 1.807) is 0 Å². The van der Waals surface area contributed by atoms with E-state index in [1.807, 2.05) is 0 Å². The molecule has 1 saturated heterocycles. The van der Waals surface area contributed by atoms with Gasteiger partial charge in [-0.25, -0.2) is 0 Å². The Kier molecular flexibility index (Phi) is 2.50. The summed E-state index contributed by atoms with van der Waals surface area (Å²) >= 11 is 0. The highest BCUT2D eigenvalue weighted by Gasteiger charge is 2.40. The van der Waals surface area contributed by atoms with Gasteiger partial charge in [0.05, 0.1) is 6.07 Å². The minimum atomic E-state index is -0.229. The quantitative estimate of drug-likeness (QED) is 0.714. The van der Waals surface area contributed by atoms with Gasteiger partial charge >= 0.3 is 0 Å². The zero-order chi connectivity index (χ0) is 10.2. The van der Waals surface area contributed by atoms with Crippen LogP contribution in [-0.4, -0.2) is 36.1 Å². The van der Waals surface area contributed by atoms with Crippen molar-refractivity contribution in [2.24, 2.45) is 0 Å². The number of piperidine rings is 1. The van der Waals surface area contributed by atoms with Crippen LogP contribution in [-0.2, 0) is 0 Å². The Morgan fingerprint density at radius 2 is 2.21 bits per heavy atom. The molecule has 78 valence electrons. The number of nitrogens with zero attached hydrogens (tertiary/aromatic N) is 2. The third-order valence-corrected chi connectivity index (χ3v) is 3.56. The molecule has 0 bridgehead atoms. The zero-order valence-electron chi connectivity index (χ0n) is 9.08. The molecule has 2 fully saturated rings. The third-order valence-electron chi connectivity index (χ3n) is 3.56. The van der Waals surface area contributed by atoms with Crippen molar-refractivity contribution in [1.82, 2.24) is 10.2 Å². The van der Waals surface area contributed by atoms with Gasteiger partial charge in [0.2, 0.25) is 0 Å². The lowest BCUT2D eigenvalue weighted by Crippen LogP contribution is -2.55. The molecule has 2 aliphatic rings. The summed E-state index contributed by atoms with van der Waals surface area (Å²) in [5.41, 5.74) is -0.229. The van der Waals surface area contributed by atoms with Gasteiger partial charge in [0.25, 0.3) is 0 Å². The Bertz CT molecular complexity index is 254. The van der Waals surface area contributed by atoms with Crippen LogP contribution in [0.2, 0.25) is 0 Å². The average molecular weight is 193 g/mol. The fraction of sp³-hybridized carbons (Fsp3) is 0.909. The van der Waals surface area contributed by atoms with Crippen molar-refractivity contribution in [2.45, 2.75) is 50.2 Å². The molecule has 2 atom stereocenters. The molecule has 2 unspecified atom stereocenters. The van der Waals surface area contributed by atoms with E-state index in [2.05, 4.69) is 30.3 Å². The minimum Gasteiger partial charge on any atom is -0.303 e. The van der Waals surface area contributed by atoms with Gasteiger partial charge in [-0.1, -0.05) is 0 Å². The standard InChI is InChI=1S/C11H19N3/c1-9-7-11(8-12,5-6-14(9)2)13-10-3-4-10/h9-10,13H,3-7H2,1-2H3. The van der Waals surface area contributed by atoms with Crippen LogP contribution in [0.4, 0.5) is 0 Å². The maximum Gasteiger partial charge on any atom is 0.109 e. The summed E-state index contributed by atoms with van der Waals surface area (Å²) in [6, 6.07) is 3.65. The van der Waals surface area contributed by atoms with E-state index in [-0.39, 0.29) is 5.54 Å². The Morgan fingerprint density at radius 1 is 1.50 bits per heavy atom. The molecule has 0 radical (unpaired) electrons. The molecule has 1 N–H and O–H groups in total. The molecular formula is C11H19N3. The van der Waals surface area contributed by atoms with Crippen LogP contribution in [0.1, 0.15) is 32.6 Å². The van der Waals surface area contributed by atoms with Crippen molar-refractivity contribution in [1.29, 1.82) is 5.26 Å². The van der Waals surface area contributed by atoms with Crippen LogP contribution < -0.4 is 5.32 Å². The summed E-state index contributed by atoms with van der Waals surface area (Å²) in [6.45, 7) is 3.24. The minimum absolute atomic E-state index is 0.229. The first-order valence-corrected chi connectivity index (χ1v) is 5.54. The Labute approximate surface area is 86.1 Å². The molecule has 0 spiro atoms. The second kappa shape index (κ2) is 3.52. The van der Waals surface area contributed by atoms with Crippen molar-refractivity contribution in [3.63, 3.8) is 0 Å². The van der Waals surface area contributed by atoms with E-state index in [9.17, 15) is 5.26 Å². The average Bonchev–Trinajstić information content (AvgIpc) is 2.96. The van der Waals surface area contributed by atoms with Crippen molar-refractivity contribution < 1.29 is 0 Å². The maximum atomic E-state index is 9.29. The van der Waals surface area contributed by atoms with Gasteiger partial charge in [-0.2, -0.15) is 5.26 Å². The van der Waals surface area contributed by atoms with Crippen molar-refractivity contribution in [3.8, 4) is 6.07 Å². The van der Waals surface area contributed by atoms with Crippen molar-refractivity contribution in [2.75, 3.05) is 13.6 Å². The van der Waals surface area contributed by atoms with Gasteiger partial charge in [0, 0.05) is 18.6 Å². The normalized spacial score (nSPS) is 39.4. The van der Waals surface area contributed by atoms with Gasteiger partial charge in [-0.3, -0.25) is 5.32 Å². The summed E-state index contributed by atoms with van der Waals surface area (Å²) < 4.78 is 0. The molecule has 0 aromatic carbocycles. The van der Waals surface area contributed by atoms with Gasteiger partial charge in [-0.15, -0.1) is 0 Å². The van der Waals surface area contributed by atoms with E-state index >= 15 is 0 Å². The topological polar surface area (TPSA) is 39.1 Å². The summed E-state index contributed by atoms with van der Waals surface area (Å²) in [5, 5.41) is 12.8. The summed E-state index contributed by atoms with van der Waals surface area (Å²) in [5.74, 6) is 0. The fourth-order valence-electron chi connectivity index (χ4n) is 2.23. The number of rotatable bonds is 2. The highest BCUT2D eigenvalue weighted by molar-refractivity contribution is 5.13. The first-order chi connectivity index (χ1) is 6.65. The van der Waals surface area contributed by atoms with Crippen LogP contribution in [0, 0.1) is 11.3 Å². The number of nitriles is 1. The third kappa shape index (κ3) is 1.92. The monoisotopic (exact) mass is 193 g/mol. The van der Waals surface area contributed by atoms with Crippen LogP contribution in [0.5, 0.6) is 0 Å². The lowest BCUT2D eigenvalue weighted by molar-refractivity contribution is 0.136. The van der Waals surface area contributed by atoms with Gasteiger partial charge in [0.1, 0.15) is 5.54 Å². The van der Waals surface area contributed by atoms with E-state index in [4.69, 9.17) is 0 Å². The van der Waals surface area contributed by atoms with Crippen molar-refractivity contribution >= 4 is 0 Å². The molecule has 14 heavy (non-hydrogen) atoms. The molecule has 3 nitrogen and oxygen atoms in total. The lowest BCUT2D eigenvalue weighted by Gasteiger charge is -2.40. The zero-order valence-corrected chi connectivity index (χ0v) is 9.08. The van der Waals surface area contributed by atoms with Gasteiger partial charge < -0.3 is 4.90 Å². The first-order valence-electron chi connectivity index (χ1n) is 5.54. The largest absolute Gasteiger partial charge is 0.303 e. The predicted octanol–water partition coefficient (Wildman–Crippen LogP) is 1.11. The lowest BCUT2D eigenvalue weighted by atomic mass is 9.85. The van der Waals surface area contributed by atoms with Gasteiger partial charge in [-0.05, 0) is 39.7 Å². The highest BCUT2D eigenvalue weighted by Crippen LogP contribution is 2.30. The van der Waals surface area contributed by atoms with Crippen LogP contribution in [0.3, 0.4) is 0 Å². The number of likely N-dealkylation sites (tertiary alicyclic amines) is 1. The fourth-order valence-corrected chi connectivity index (χ4v) is 2.23. The van der Waals surface area contributed by atoms with Crippen LogP contribution in [0.25, 0.3) is 0 Å². The Morgan fingerprint density at radius 3 is 2.71 bits per heavy atom. The molecule has 0 amide bonds. The number of nitrogens with one attached hydrogen (secondary N) is 1. The van der Waals surface area contributed by atoms with E-state index in [1.165, 1.54) is 12.8 Å². The Balaban J connectivity index is 2.01. The second-order valence-electron chi connectivity index (χ2n) is 4.90. The maximum absolute atomic E-state index is 9.29. The number of hydrogen-bond acceptors (Lipinski definition) is 3. The van der Waals surface area contributed by atoms with Gasteiger partial charge in [0.15, 0.2) is 0 Å². The number of hydrogen-bond donors (Lipinski definition) is 1. The molecular weight excluding hydrogens is 174 g/mol. The summed E-state index contributed by atoms with van der Waals surface area (Å²) in [4.78, 5) is 2.34. The van der Waals surface area contributed by atoms with Crippen LogP contribution >= 0.6 is 0 Å². The summed E-state index contributed by atoms with van der Waals surface area (Å²) in [6.07, 6.45) is 4.46. The first kappa shape index (κ1) is 9.95. The Hall–Kier alpha value is -0.590. The molecule has 2 rings (SSSR count). The molecule has 0 aromatic heterocycles.